The number of halogens is 1. The number of carbonyl (C=O) groups is 2. The maximum Gasteiger partial charge on any atom is 0.329 e. The van der Waals surface area contributed by atoms with Gasteiger partial charge < -0.3 is 14.5 Å². The molecule has 10 nitrogen and oxygen atoms in total. The van der Waals surface area contributed by atoms with Crippen molar-refractivity contribution >= 4 is 17.6 Å². The van der Waals surface area contributed by atoms with Crippen molar-refractivity contribution in [1.29, 1.82) is 0 Å². The second-order valence-electron chi connectivity index (χ2n) is 7.09. The number of rotatable bonds is 8. The first-order valence-electron chi connectivity index (χ1n) is 9.55. The van der Waals surface area contributed by atoms with Crippen molar-refractivity contribution < 1.29 is 28.1 Å². The van der Waals surface area contributed by atoms with Gasteiger partial charge >= 0.3 is 5.97 Å². The van der Waals surface area contributed by atoms with Crippen molar-refractivity contribution in [1.82, 2.24) is 15.5 Å². The topological polar surface area (TPSA) is 137 Å². The number of ether oxygens (including phenoxy) is 1. The molecule has 1 amide bonds. The van der Waals surface area contributed by atoms with Crippen molar-refractivity contribution in [2.45, 2.75) is 26.5 Å². The van der Waals surface area contributed by atoms with Crippen molar-refractivity contribution in [3.63, 3.8) is 0 Å². The summed E-state index contributed by atoms with van der Waals surface area (Å²) in [7, 11) is 0. The molecular weight excluding hydrogens is 423 g/mol. The van der Waals surface area contributed by atoms with Crippen LogP contribution in [0.3, 0.4) is 0 Å². The summed E-state index contributed by atoms with van der Waals surface area (Å²) in [6, 6.07) is 9.90. The number of aromatic nitrogens is 2. The highest BCUT2D eigenvalue weighted by Crippen LogP contribution is 2.21. The van der Waals surface area contributed by atoms with E-state index in [0.29, 0.717) is 5.56 Å². The molecule has 0 aliphatic rings. The highest BCUT2D eigenvalue weighted by atomic mass is 19.1. The number of nitrogens with one attached hydrogen (secondary N) is 1. The summed E-state index contributed by atoms with van der Waals surface area (Å²) < 4.78 is 24.4. The van der Waals surface area contributed by atoms with E-state index in [2.05, 4.69) is 15.5 Å². The first-order chi connectivity index (χ1) is 15.3. The molecule has 0 spiro atoms. The number of hydrogen-bond donors (Lipinski definition) is 1. The molecule has 1 N–H and O–H groups in total. The maximum atomic E-state index is 13.8. The monoisotopic (exact) mass is 442 g/mol. The van der Waals surface area contributed by atoms with Crippen LogP contribution in [-0.4, -0.2) is 33.0 Å². The normalized spacial score (nSPS) is 11.8. The lowest BCUT2D eigenvalue weighted by atomic mass is 10.0. The number of nitro benzene ring substituents is 1. The summed E-state index contributed by atoms with van der Waals surface area (Å²) in [4.78, 5) is 35.0. The highest BCUT2D eigenvalue weighted by Gasteiger charge is 2.27. The Morgan fingerprint density at radius 2 is 1.84 bits per heavy atom. The van der Waals surface area contributed by atoms with Crippen LogP contribution in [0.5, 0.6) is 0 Å². The number of nitro groups is 1. The van der Waals surface area contributed by atoms with E-state index in [0.717, 1.165) is 6.07 Å². The van der Waals surface area contributed by atoms with Crippen LogP contribution in [0.25, 0.3) is 11.5 Å². The Labute approximate surface area is 181 Å². The van der Waals surface area contributed by atoms with Gasteiger partial charge in [0.05, 0.1) is 10.5 Å². The molecule has 3 aromatic rings. The van der Waals surface area contributed by atoms with Crippen molar-refractivity contribution in [2.24, 2.45) is 5.92 Å². The average molecular weight is 442 g/mol. The third kappa shape index (κ3) is 5.31. The first-order valence-corrected chi connectivity index (χ1v) is 9.55. The minimum Gasteiger partial charge on any atom is -0.454 e. The summed E-state index contributed by atoms with van der Waals surface area (Å²) in [6.07, 6.45) is 0. The Hall–Kier alpha value is -4.15. The fraction of sp³-hybridized carbons (Fsp3) is 0.238. The van der Waals surface area contributed by atoms with E-state index in [4.69, 9.17) is 9.15 Å². The van der Waals surface area contributed by atoms with Gasteiger partial charge in [0, 0.05) is 17.7 Å². The molecule has 11 heteroatoms. The van der Waals surface area contributed by atoms with Crippen LogP contribution in [-0.2, 0) is 16.1 Å². The van der Waals surface area contributed by atoms with Crippen LogP contribution >= 0.6 is 0 Å². The van der Waals surface area contributed by atoms with E-state index in [1.807, 2.05) is 0 Å². The zero-order valence-corrected chi connectivity index (χ0v) is 17.1. The smallest absolute Gasteiger partial charge is 0.329 e. The van der Waals surface area contributed by atoms with E-state index >= 15 is 0 Å². The van der Waals surface area contributed by atoms with Crippen LogP contribution in [0.1, 0.15) is 30.1 Å². The molecule has 3 rings (SSSR count). The van der Waals surface area contributed by atoms with Gasteiger partial charge in [0.2, 0.25) is 5.89 Å². The van der Waals surface area contributed by atoms with Crippen LogP contribution in [0.2, 0.25) is 0 Å². The van der Waals surface area contributed by atoms with Crippen molar-refractivity contribution in [2.75, 3.05) is 0 Å². The number of nitrogens with zero attached hydrogens (tertiary/aromatic N) is 3. The number of benzene rings is 2. The number of amides is 1. The molecule has 1 heterocycles. The number of esters is 1. The minimum absolute atomic E-state index is 0.00496. The zero-order valence-electron chi connectivity index (χ0n) is 17.1. The predicted molar refractivity (Wildman–Crippen MR) is 109 cm³/mol. The molecule has 2 aromatic carbocycles. The summed E-state index contributed by atoms with van der Waals surface area (Å²) in [5.74, 6) is -2.44. The summed E-state index contributed by atoms with van der Waals surface area (Å²) in [6.45, 7) is 3.05. The van der Waals surface area contributed by atoms with Gasteiger partial charge in [0.15, 0.2) is 6.61 Å². The predicted octanol–water partition coefficient (Wildman–Crippen LogP) is 3.28. The Balaban J connectivity index is 1.62. The van der Waals surface area contributed by atoms with E-state index in [9.17, 15) is 24.1 Å². The zero-order chi connectivity index (χ0) is 23.3. The van der Waals surface area contributed by atoms with Gasteiger partial charge in [0.1, 0.15) is 11.9 Å². The van der Waals surface area contributed by atoms with Gasteiger partial charge in [-0.2, -0.15) is 0 Å². The molecule has 0 saturated heterocycles. The molecule has 0 aliphatic carbocycles. The third-order valence-corrected chi connectivity index (χ3v) is 4.46. The van der Waals surface area contributed by atoms with E-state index < -0.39 is 28.7 Å². The third-order valence-electron chi connectivity index (χ3n) is 4.46. The number of non-ortho nitro benzene ring substituents is 1. The first kappa shape index (κ1) is 22.5. The van der Waals surface area contributed by atoms with Crippen LogP contribution < -0.4 is 5.32 Å². The quantitative estimate of drug-likeness (QED) is 0.319. The standard InChI is InChI=1S/C21H19FN4O6/c1-12(2)18(23-19(27)15-5-3-4-6-16(15)22)21(28)31-11-17-24-25-20(32-17)13-7-9-14(10-8-13)26(29)30/h3-10,12,18H,11H2,1-2H3,(H,23,27). The molecule has 166 valence electrons. The summed E-state index contributed by atoms with van der Waals surface area (Å²) in [5.41, 5.74) is 0.188. The van der Waals surface area contributed by atoms with Crippen LogP contribution in [0.15, 0.2) is 52.9 Å². The Morgan fingerprint density at radius 3 is 2.47 bits per heavy atom. The van der Waals surface area contributed by atoms with Crippen molar-refractivity contribution in [3.8, 4) is 11.5 Å². The number of hydrogen-bond acceptors (Lipinski definition) is 8. The molecule has 0 saturated carbocycles. The lowest BCUT2D eigenvalue weighted by Crippen LogP contribution is -2.45. The van der Waals surface area contributed by atoms with E-state index in [1.165, 1.54) is 42.5 Å². The van der Waals surface area contributed by atoms with Crippen LogP contribution in [0.4, 0.5) is 10.1 Å². The molecule has 0 fully saturated rings. The van der Waals surface area contributed by atoms with Gasteiger partial charge in [-0.3, -0.25) is 14.9 Å². The molecule has 0 radical (unpaired) electrons. The SMILES string of the molecule is CC(C)C(NC(=O)c1ccccc1F)C(=O)OCc1nnc(-c2ccc([N+](=O)[O-])cc2)o1. The van der Waals surface area contributed by atoms with Gasteiger partial charge in [0.25, 0.3) is 17.5 Å². The molecule has 0 bridgehead atoms. The van der Waals surface area contributed by atoms with Crippen molar-refractivity contribution in [3.05, 3.63) is 75.9 Å². The fourth-order valence-electron chi connectivity index (χ4n) is 2.74. The van der Waals surface area contributed by atoms with E-state index in [-0.39, 0.29) is 35.6 Å². The fourth-order valence-corrected chi connectivity index (χ4v) is 2.74. The largest absolute Gasteiger partial charge is 0.454 e. The second kappa shape index (κ2) is 9.77. The Kier molecular flexibility index (Phi) is 6.88. The van der Waals surface area contributed by atoms with Gasteiger partial charge in [-0.15, -0.1) is 10.2 Å². The highest BCUT2D eigenvalue weighted by molar-refractivity contribution is 5.97. The van der Waals surface area contributed by atoms with E-state index in [1.54, 1.807) is 13.8 Å². The Bertz CT molecular complexity index is 1130. The maximum absolute atomic E-state index is 13.8. The van der Waals surface area contributed by atoms with Gasteiger partial charge in [-0.1, -0.05) is 26.0 Å². The molecule has 32 heavy (non-hydrogen) atoms. The summed E-state index contributed by atoms with van der Waals surface area (Å²) >= 11 is 0. The second-order valence-corrected chi connectivity index (χ2v) is 7.09. The molecule has 0 aliphatic heterocycles. The summed E-state index contributed by atoms with van der Waals surface area (Å²) in [5, 5.41) is 20.8. The lowest BCUT2D eigenvalue weighted by Gasteiger charge is -2.20. The average Bonchev–Trinajstić information content (AvgIpc) is 3.25. The lowest BCUT2D eigenvalue weighted by molar-refractivity contribution is -0.384. The van der Waals surface area contributed by atoms with Gasteiger partial charge in [-0.05, 0) is 30.2 Å². The van der Waals surface area contributed by atoms with Gasteiger partial charge in [-0.25, -0.2) is 9.18 Å². The molecule has 1 aromatic heterocycles. The number of carbonyl (C=O) groups excluding carboxylic acids is 2. The minimum atomic E-state index is -1.03. The Morgan fingerprint density at radius 1 is 1.16 bits per heavy atom. The molecule has 1 unspecified atom stereocenters. The molecule has 1 atom stereocenters. The van der Waals surface area contributed by atoms with Crippen LogP contribution in [0, 0.1) is 21.8 Å². The molecular formula is C21H19FN4O6.